The second kappa shape index (κ2) is 4.78. The molecule has 12 heavy (non-hydrogen) atoms. The van der Waals surface area contributed by atoms with Crippen molar-refractivity contribution in [2.24, 2.45) is 0 Å². The minimum atomic E-state index is 0.755. The lowest BCUT2D eigenvalue weighted by Crippen LogP contribution is -2.21. The lowest BCUT2D eigenvalue weighted by molar-refractivity contribution is 0.206. The van der Waals surface area contributed by atoms with Gasteiger partial charge in [-0.1, -0.05) is 12.1 Å². The first kappa shape index (κ1) is 9.07. The summed E-state index contributed by atoms with van der Waals surface area (Å²) in [6, 6.07) is 10.9. The largest absolute Gasteiger partial charge is 0.383 e. The molecule has 1 radical (unpaired) electrons. The SMILES string of the molecule is COCCN(C)c1c[c]ccc1. The number of nitrogens with zero attached hydrogens (tertiary/aromatic N) is 1. The molecule has 0 bridgehead atoms. The Hall–Kier alpha value is -1.02. The molecular weight excluding hydrogens is 150 g/mol. The van der Waals surface area contributed by atoms with Gasteiger partial charge in [0.05, 0.1) is 6.61 Å². The molecule has 0 unspecified atom stereocenters. The molecule has 0 fully saturated rings. The second-order valence-corrected chi connectivity index (χ2v) is 2.68. The fourth-order valence-corrected chi connectivity index (χ4v) is 0.979. The zero-order chi connectivity index (χ0) is 8.81. The predicted molar refractivity (Wildman–Crippen MR) is 50.4 cm³/mol. The summed E-state index contributed by atoms with van der Waals surface area (Å²) in [5.74, 6) is 0. The highest BCUT2D eigenvalue weighted by Gasteiger charge is 1.97. The smallest absolute Gasteiger partial charge is 0.0637 e. The van der Waals surface area contributed by atoms with Crippen LogP contribution < -0.4 is 4.90 Å². The molecule has 0 heterocycles. The van der Waals surface area contributed by atoms with E-state index in [-0.39, 0.29) is 0 Å². The van der Waals surface area contributed by atoms with Crippen LogP contribution in [0.15, 0.2) is 24.3 Å². The molecule has 1 aromatic rings. The van der Waals surface area contributed by atoms with Gasteiger partial charge in [0.25, 0.3) is 0 Å². The molecular formula is C10H14NO. The Morgan fingerprint density at radius 1 is 1.58 bits per heavy atom. The van der Waals surface area contributed by atoms with Crippen LogP contribution in [0.4, 0.5) is 5.69 Å². The third-order valence-corrected chi connectivity index (χ3v) is 1.76. The minimum Gasteiger partial charge on any atom is -0.383 e. The number of ether oxygens (including phenoxy) is 1. The van der Waals surface area contributed by atoms with E-state index in [9.17, 15) is 0 Å². The van der Waals surface area contributed by atoms with Crippen molar-refractivity contribution in [2.75, 3.05) is 32.2 Å². The topological polar surface area (TPSA) is 12.5 Å². The average molecular weight is 164 g/mol. The molecule has 1 rings (SSSR count). The first-order valence-corrected chi connectivity index (χ1v) is 4.01. The normalized spacial score (nSPS) is 9.83. The molecule has 65 valence electrons. The van der Waals surface area contributed by atoms with Gasteiger partial charge in [-0.3, -0.25) is 0 Å². The van der Waals surface area contributed by atoms with Crippen molar-refractivity contribution in [1.82, 2.24) is 0 Å². The van der Waals surface area contributed by atoms with Crippen LogP contribution in [0.3, 0.4) is 0 Å². The number of methoxy groups -OCH3 is 1. The van der Waals surface area contributed by atoms with Crippen LogP contribution in [0, 0.1) is 6.07 Å². The van der Waals surface area contributed by atoms with Crippen LogP contribution in [0.1, 0.15) is 0 Å². The summed E-state index contributed by atoms with van der Waals surface area (Å²) < 4.78 is 4.98. The quantitative estimate of drug-likeness (QED) is 0.669. The van der Waals surface area contributed by atoms with E-state index in [0.29, 0.717) is 0 Å². The number of benzene rings is 1. The van der Waals surface area contributed by atoms with Crippen LogP contribution in [-0.2, 0) is 4.74 Å². The molecule has 0 amide bonds. The van der Waals surface area contributed by atoms with E-state index in [1.54, 1.807) is 7.11 Å². The van der Waals surface area contributed by atoms with E-state index in [0.717, 1.165) is 13.2 Å². The van der Waals surface area contributed by atoms with Gasteiger partial charge in [0, 0.05) is 26.4 Å². The Labute approximate surface area is 73.8 Å². The van der Waals surface area contributed by atoms with E-state index in [1.165, 1.54) is 5.69 Å². The summed E-state index contributed by atoms with van der Waals surface area (Å²) in [5.41, 5.74) is 1.18. The van der Waals surface area contributed by atoms with Crippen molar-refractivity contribution in [3.8, 4) is 0 Å². The molecule has 0 spiro atoms. The Morgan fingerprint density at radius 3 is 3.00 bits per heavy atom. The highest BCUT2D eigenvalue weighted by Crippen LogP contribution is 2.09. The van der Waals surface area contributed by atoms with Gasteiger partial charge >= 0.3 is 0 Å². The number of anilines is 1. The van der Waals surface area contributed by atoms with Crippen molar-refractivity contribution in [2.45, 2.75) is 0 Å². The highest BCUT2D eigenvalue weighted by molar-refractivity contribution is 5.44. The van der Waals surface area contributed by atoms with Crippen LogP contribution in [0.25, 0.3) is 0 Å². The van der Waals surface area contributed by atoms with Gasteiger partial charge in [0.2, 0.25) is 0 Å². The van der Waals surface area contributed by atoms with E-state index in [4.69, 9.17) is 4.74 Å². The maximum atomic E-state index is 4.98. The Balaban J connectivity index is 2.48. The monoisotopic (exact) mass is 164 g/mol. The number of likely N-dealkylation sites (N-methyl/N-ethyl adjacent to an activating group) is 1. The van der Waals surface area contributed by atoms with Crippen molar-refractivity contribution >= 4 is 5.69 Å². The molecule has 0 saturated carbocycles. The van der Waals surface area contributed by atoms with Gasteiger partial charge in [-0.05, 0) is 18.2 Å². The summed E-state index contributed by atoms with van der Waals surface area (Å²) in [6.07, 6.45) is 0. The number of rotatable bonds is 4. The van der Waals surface area contributed by atoms with Crippen molar-refractivity contribution in [3.05, 3.63) is 30.3 Å². The van der Waals surface area contributed by atoms with E-state index >= 15 is 0 Å². The van der Waals surface area contributed by atoms with Crippen LogP contribution in [0.5, 0.6) is 0 Å². The van der Waals surface area contributed by atoms with Crippen LogP contribution in [-0.4, -0.2) is 27.3 Å². The van der Waals surface area contributed by atoms with Crippen molar-refractivity contribution in [3.63, 3.8) is 0 Å². The van der Waals surface area contributed by atoms with E-state index in [1.807, 2.05) is 25.2 Å². The Kier molecular flexibility index (Phi) is 3.61. The minimum absolute atomic E-state index is 0.755. The van der Waals surface area contributed by atoms with Gasteiger partial charge in [-0.2, -0.15) is 0 Å². The molecule has 0 saturated heterocycles. The van der Waals surface area contributed by atoms with E-state index in [2.05, 4.69) is 17.0 Å². The Morgan fingerprint density at radius 2 is 2.42 bits per heavy atom. The zero-order valence-electron chi connectivity index (χ0n) is 7.58. The molecule has 0 aliphatic rings. The fourth-order valence-electron chi connectivity index (χ4n) is 0.979. The lowest BCUT2D eigenvalue weighted by Gasteiger charge is -2.18. The Bertz CT molecular complexity index is 210. The van der Waals surface area contributed by atoms with Gasteiger partial charge < -0.3 is 9.64 Å². The number of hydrogen-bond acceptors (Lipinski definition) is 2. The van der Waals surface area contributed by atoms with Crippen molar-refractivity contribution < 1.29 is 4.74 Å². The van der Waals surface area contributed by atoms with Gasteiger partial charge in [0.15, 0.2) is 0 Å². The highest BCUT2D eigenvalue weighted by atomic mass is 16.5. The average Bonchev–Trinajstić information content (AvgIpc) is 2.15. The molecule has 0 aliphatic heterocycles. The summed E-state index contributed by atoms with van der Waals surface area (Å²) in [4.78, 5) is 2.14. The summed E-state index contributed by atoms with van der Waals surface area (Å²) in [7, 11) is 3.76. The molecule has 1 aromatic carbocycles. The van der Waals surface area contributed by atoms with Gasteiger partial charge in [0.1, 0.15) is 0 Å². The van der Waals surface area contributed by atoms with Crippen molar-refractivity contribution in [1.29, 1.82) is 0 Å². The summed E-state index contributed by atoms with van der Waals surface area (Å²) in [5, 5.41) is 0. The van der Waals surface area contributed by atoms with Gasteiger partial charge in [-0.25, -0.2) is 0 Å². The van der Waals surface area contributed by atoms with Crippen LogP contribution >= 0.6 is 0 Å². The van der Waals surface area contributed by atoms with Gasteiger partial charge in [-0.15, -0.1) is 0 Å². The standard InChI is InChI=1S/C10H14NO/c1-11(8-9-12-2)10-6-4-3-5-7-10/h3-4,6-7H,8-9H2,1-2H3. The zero-order valence-corrected chi connectivity index (χ0v) is 7.58. The first-order valence-electron chi connectivity index (χ1n) is 4.01. The first-order chi connectivity index (χ1) is 5.84. The lowest BCUT2D eigenvalue weighted by atomic mass is 10.3. The third-order valence-electron chi connectivity index (χ3n) is 1.76. The molecule has 0 aromatic heterocycles. The molecule has 0 aliphatic carbocycles. The number of hydrogen-bond donors (Lipinski definition) is 0. The van der Waals surface area contributed by atoms with E-state index < -0.39 is 0 Å². The summed E-state index contributed by atoms with van der Waals surface area (Å²) >= 11 is 0. The molecule has 2 nitrogen and oxygen atoms in total. The predicted octanol–water partition coefficient (Wildman–Crippen LogP) is 1.57. The third kappa shape index (κ3) is 2.55. The maximum absolute atomic E-state index is 4.98. The second-order valence-electron chi connectivity index (χ2n) is 2.68. The molecule has 0 N–H and O–H groups in total. The molecule has 2 heteroatoms. The van der Waals surface area contributed by atoms with Crippen LogP contribution in [0.2, 0.25) is 0 Å². The maximum Gasteiger partial charge on any atom is 0.0637 e. The fraction of sp³-hybridized carbons (Fsp3) is 0.400. The summed E-state index contributed by atoms with van der Waals surface area (Å²) in [6.45, 7) is 1.67. The molecule has 0 atom stereocenters.